The molecular weight excluding hydrogens is 420 g/mol. The highest BCUT2D eigenvalue weighted by atomic mass is 16.5. The normalized spacial score (nSPS) is 22.0. The molecule has 1 aliphatic heterocycles. The third-order valence-corrected chi connectivity index (χ3v) is 6.89. The van der Waals surface area contributed by atoms with Gasteiger partial charge in [0.25, 0.3) is 0 Å². The number of benzene rings is 1. The first-order valence-corrected chi connectivity index (χ1v) is 11.8. The molecule has 2 aromatic heterocycles. The zero-order valence-corrected chi connectivity index (χ0v) is 18.6. The lowest BCUT2D eigenvalue weighted by molar-refractivity contribution is -0.138. The van der Waals surface area contributed by atoms with Gasteiger partial charge in [0.15, 0.2) is 0 Å². The summed E-state index contributed by atoms with van der Waals surface area (Å²) >= 11 is 0. The molecule has 0 bridgehead atoms. The van der Waals surface area contributed by atoms with Gasteiger partial charge < -0.3 is 24.8 Å². The Kier molecular flexibility index (Phi) is 6.17. The summed E-state index contributed by atoms with van der Waals surface area (Å²) in [5.41, 5.74) is 2.52. The van der Waals surface area contributed by atoms with Gasteiger partial charge in [-0.05, 0) is 68.7 Å². The van der Waals surface area contributed by atoms with E-state index in [0.29, 0.717) is 5.92 Å². The van der Waals surface area contributed by atoms with Crippen molar-refractivity contribution in [3.63, 3.8) is 0 Å². The van der Waals surface area contributed by atoms with Gasteiger partial charge >= 0.3 is 5.97 Å². The van der Waals surface area contributed by atoms with E-state index >= 15 is 0 Å². The number of carbonyl (C=O) groups is 1. The number of imidazole rings is 1. The number of aromatic nitrogens is 3. The average Bonchev–Trinajstić information content (AvgIpc) is 3.24. The molecule has 0 amide bonds. The fraction of sp³-hybridized carbons (Fsp3) is 0.480. The number of rotatable bonds is 6. The first-order chi connectivity index (χ1) is 16.0. The first kappa shape index (κ1) is 21.7. The molecule has 0 spiro atoms. The van der Waals surface area contributed by atoms with E-state index in [0.717, 1.165) is 79.9 Å². The second-order valence-corrected chi connectivity index (χ2v) is 9.26. The summed E-state index contributed by atoms with van der Waals surface area (Å²) in [6.07, 6.45) is 8.49. The number of phenols is 1. The predicted molar refractivity (Wildman–Crippen MR) is 125 cm³/mol. The molecule has 0 radical (unpaired) electrons. The van der Waals surface area contributed by atoms with Crippen LogP contribution in [0.25, 0.3) is 22.4 Å². The maximum Gasteiger partial charge on any atom is 0.303 e. The fourth-order valence-electron chi connectivity index (χ4n) is 5.06. The maximum atomic E-state index is 10.9. The molecule has 1 aliphatic carbocycles. The Labute approximate surface area is 192 Å². The second kappa shape index (κ2) is 9.39. The number of nitrogens with one attached hydrogen (secondary N) is 1. The second-order valence-electron chi connectivity index (χ2n) is 9.26. The van der Waals surface area contributed by atoms with Crippen LogP contribution in [0.3, 0.4) is 0 Å². The van der Waals surface area contributed by atoms with Crippen LogP contribution in [0.4, 0.5) is 5.82 Å². The van der Waals surface area contributed by atoms with Crippen LogP contribution < -0.4 is 4.90 Å². The molecule has 8 nitrogen and oxygen atoms in total. The number of piperidine rings is 1. The minimum absolute atomic E-state index is 0.212. The number of nitrogens with zero attached hydrogens (tertiary/aromatic N) is 3. The molecule has 8 heteroatoms. The topological polar surface area (TPSA) is 112 Å². The van der Waals surface area contributed by atoms with Gasteiger partial charge in [0.05, 0.1) is 23.2 Å². The number of hydrogen-bond acceptors (Lipinski definition) is 6. The van der Waals surface area contributed by atoms with Crippen molar-refractivity contribution in [2.45, 2.75) is 57.2 Å². The SMILES string of the molecule is O=C(O)CC1CCC(OC2CCN(c3ccc(-c4nc5ccc(O)cc5[nH]4)cn3)CC2)CC1. The number of H-pyrrole nitrogens is 1. The Morgan fingerprint density at radius 1 is 1.06 bits per heavy atom. The monoisotopic (exact) mass is 450 g/mol. The zero-order valence-electron chi connectivity index (χ0n) is 18.6. The zero-order chi connectivity index (χ0) is 22.8. The number of pyridine rings is 1. The van der Waals surface area contributed by atoms with Crippen molar-refractivity contribution >= 4 is 22.8 Å². The highest BCUT2D eigenvalue weighted by Gasteiger charge is 2.28. The maximum absolute atomic E-state index is 10.9. The molecule has 1 aromatic carbocycles. The number of aromatic amines is 1. The van der Waals surface area contributed by atoms with Crippen molar-refractivity contribution in [3.05, 3.63) is 36.5 Å². The van der Waals surface area contributed by atoms with E-state index in [1.165, 1.54) is 0 Å². The summed E-state index contributed by atoms with van der Waals surface area (Å²) in [6, 6.07) is 9.15. The van der Waals surface area contributed by atoms with Crippen LogP contribution in [0.15, 0.2) is 36.5 Å². The van der Waals surface area contributed by atoms with Gasteiger partial charge in [-0.3, -0.25) is 4.79 Å². The third-order valence-electron chi connectivity index (χ3n) is 6.89. The number of fused-ring (bicyclic) bond motifs is 1. The van der Waals surface area contributed by atoms with E-state index in [1.54, 1.807) is 18.2 Å². The van der Waals surface area contributed by atoms with E-state index in [1.807, 2.05) is 18.3 Å². The van der Waals surface area contributed by atoms with Gasteiger partial charge in [-0.2, -0.15) is 0 Å². The van der Waals surface area contributed by atoms with E-state index in [4.69, 9.17) is 9.84 Å². The lowest BCUT2D eigenvalue weighted by Crippen LogP contribution is -2.39. The van der Waals surface area contributed by atoms with E-state index < -0.39 is 5.97 Å². The molecule has 33 heavy (non-hydrogen) atoms. The lowest BCUT2D eigenvalue weighted by atomic mass is 9.85. The number of phenolic OH excluding ortho intramolecular Hbond substituents is 1. The lowest BCUT2D eigenvalue weighted by Gasteiger charge is -2.36. The van der Waals surface area contributed by atoms with Crippen LogP contribution in [-0.2, 0) is 9.53 Å². The average molecular weight is 451 g/mol. The van der Waals surface area contributed by atoms with Crippen LogP contribution in [0.2, 0.25) is 0 Å². The Morgan fingerprint density at radius 3 is 2.52 bits per heavy atom. The van der Waals surface area contributed by atoms with Crippen LogP contribution >= 0.6 is 0 Å². The van der Waals surface area contributed by atoms with Gasteiger partial charge in [-0.1, -0.05) is 0 Å². The van der Waals surface area contributed by atoms with Gasteiger partial charge in [-0.25, -0.2) is 9.97 Å². The standard InChI is InChI=1S/C25H30N4O4/c30-18-4-7-21-22(14-18)28-25(27-21)17-3-8-23(26-15-17)29-11-9-20(10-12-29)33-19-5-1-16(2-6-19)13-24(31)32/h3-4,7-8,14-16,19-20,30H,1-2,5-6,9-13H2,(H,27,28)(H,31,32). The summed E-state index contributed by atoms with van der Waals surface area (Å²) in [4.78, 5) is 25.7. The smallest absolute Gasteiger partial charge is 0.303 e. The first-order valence-electron chi connectivity index (χ1n) is 11.8. The molecule has 1 saturated carbocycles. The Morgan fingerprint density at radius 2 is 1.82 bits per heavy atom. The van der Waals surface area contributed by atoms with E-state index in [2.05, 4.69) is 19.9 Å². The summed E-state index contributed by atoms with van der Waals surface area (Å²) in [7, 11) is 0. The molecule has 3 heterocycles. The number of carboxylic acid groups (broad SMARTS) is 1. The molecule has 3 N–H and O–H groups in total. The highest BCUT2D eigenvalue weighted by molar-refractivity contribution is 5.80. The minimum atomic E-state index is -0.689. The Bertz CT molecular complexity index is 1100. The number of anilines is 1. The number of aliphatic carboxylic acids is 1. The fourth-order valence-corrected chi connectivity index (χ4v) is 5.06. The third kappa shape index (κ3) is 5.11. The van der Waals surface area contributed by atoms with Crippen molar-refractivity contribution in [2.24, 2.45) is 5.92 Å². The Hall–Kier alpha value is -3.13. The number of hydrogen-bond donors (Lipinski definition) is 3. The van der Waals surface area contributed by atoms with E-state index in [9.17, 15) is 9.90 Å². The summed E-state index contributed by atoms with van der Waals surface area (Å²) in [6.45, 7) is 1.82. The number of aromatic hydroxyl groups is 1. The molecule has 174 valence electrons. The van der Waals surface area contributed by atoms with Gasteiger partial charge in [0.2, 0.25) is 0 Å². The summed E-state index contributed by atoms with van der Waals surface area (Å²) in [5, 5.41) is 18.6. The number of carboxylic acids is 1. The van der Waals surface area contributed by atoms with Crippen LogP contribution in [-0.4, -0.2) is 56.4 Å². The molecule has 1 saturated heterocycles. The molecule has 3 aromatic rings. The predicted octanol–water partition coefficient (Wildman–Crippen LogP) is 4.35. The summed E-state index contributed by atoms with van der Waals surface area (Å²) < 4.78 is 6.36. The quantitative estimate of drug-likeness (QED) is 0.512. The Balaban J connectivity index is 1.12. The molecular formula is C25H30N4O4. The summed E-state index contributed by atoms with van der Waals surface area (Å²) in [5.74, 6) is 1.53. The van der Waals surface area contributed by atoms with Gasteiger partial charge in [-0.15, -0.1) is 0 Å². The molecule has 2 fully saturated rings. The number of ether oxygens (including phenoxy) is 1. The van der Waals surface area contributed by atoms with Gasteiger partial charge in [0.1, 0.15) is 17.4 Å². The largest absolute Gasteiger partial charge is 0.508 e. The highest BCUT2D eigenvalue weighted by Crippen LogP contribution is 2.31. The van der Waals surface area contributed by atoms with Crippen LogP contribution in [0.5, 0.6) is 5.75 Å². The molecule has 2 aliphatic rings. The van der Waals surface area contributed by atoms with Crippen LogP contribution in [0.1, 0.15) is 44.9 Å². The molecule has 5 rings (SSSR count). The molecule has 0 unspecified atom stereocenters. The van der Waals surface area contributed by atoms with Crippen LogP contribution in [0, 0.1) is 5.92 Å². The van der Waals surface area contributed by atoms with Crippen molar-refractivity contribution in [1.82, 2.24) is 15.0 Å². The minimum Gasteiger partial charge on any atom is -0.508 e. The van der Waals surface area contributed by atoms with Crippen molar-refractivity contribution < 1.29 is 19.7 Å². The molecule has 0 atom stereocenters. The van der Waals surface area contributed by atoms with Crippen molar-refractivity contribution in [3.8, 4) is 17.1 Å². The van der Waals surface area contributed by atoms with Gasteiger partial charge in [0, 0.05) is 37.3 Å². The van der Waals surface area contributed by atoms with Crippen molar-refractivity contribution in [1.29, 1.82) is 0 Å². The van der Waals surface area contributed by atoms with Crippen molar-refractivity contribution in [2.75, 3.05) is 18.0 Å². The van der Waals surface area contributed by atoms with E-state index in [-0.39, 0.29) is 24.4 Å².